The Morgan fingerprint density at radius 3 is 2.57 bits per heavy atom. The minimum Gasteiger partial charge on any atom is -0.378 e. The first-order valence-corrected chi connectivity index (χ1v) is 10.4. The molecule has 146 valence electrons. The molecule has 0 unspecified atom stereocenters. The number of fused-ring (bicyclic) bond motifs is 1. The van der Waals surface area contributed by atoms with E-state index in [1.165, 1.54) is 23.2 Å². The SMILES string of the molecule is Cc1cccc(N2C=C(C(=O)N3CCOCC3)S(=O)(=O)c3ccc(F)cc32)c1. The summed E-state index contributed by atoms with van der Waals surface area (Å²) in [4.78, 5) is 15.6. The molecular weight excluding hydrogens is 383 g/mol. The van der Waals surface area contributed by atoms with Crippen molar-refractivity contribution in [2.24, 2.45) is 0 Å². The third-order valence-electron chi connectivity index (χ3n) is 4.79. The number of sulfone groups is 1. The molecule has 0 spiro atoms. The number of morpholine rings is 1. The maximum absolute atomic E-state index is 13.9. The summed E-state index contributed by atoms with van der Waals surface area (Å²) in [6.07, 6.45) is 1.30. The Labute approximate surface area is 162 Å². The molecule has 2 heterocycles. The normalized spacial score (nSPS) is 18.4. The number of carbonyl (C=O) groups is 1. The van der Waals surface area contributed by atoms with Crippen LogP contribution in [0.2, 0.25) is 0 Å². The van der Waals surface area contributed by atoms with Crippen LogP contribution in [0.1, 0.15) is 5.56 Å². The van der Waals surface area contributed by atoms with E-state index in [0.29, 0.717) is 32.0 Å². The Hall–Kier alpha value is -2.71. The lowest BCUT2D eigenvalue weighted by molar-refractivity contribution is -0.130. The second-order valence-electron chi connectivity index (χ2n) is 6.72. The quantitative estimate of drug-likeness (QED) is 0.723. The summed E-state index contributed by atoms with van der Waals surface area (Å²) in [6, 6.07) is 10.8. The van der Waals surface area contributed by atoms with Gasteiger partial charge in [0.1, 0.15) is 5.82 Å². The first-order valence-electron chi connectivity index (χ1n) is 8.87. The van der Waals surface area contributed by atoms with E-state index in [2.05, 4.69) is 0 Å². The highest BCUT2D eigenvalue weighted by Gasteiger charge is 2.38. The summed E-state index contributed by atoms with van der Waals surface area (Å²) in [5.41, 5.74) is 1.79. The molecule has 0 radical (unpaired) electrons. The summed E-state index contributed by atoms with van der Waals surface area (Å²) in [7, 11) is -4.08. The zero-order valence-electron chi connectivity index (χ0n) is 15.3. The average Bonchev–Trinajstić information content (AvgIpc) is 2.68. The lowest BCUT2D eigenvalue weighted by atomic mass is 10.2. The molecule has 2 aliphatic rings. The number of anilines is 2. The van der Waals surface area contributed by atoms with Crippen molar-refractivity contribution in [2.45, 2.75) is 11.8 Å². The number of ether oxygens (including phenoxy) is 1. The first kappa shape index (κ1) is 18.6. The summed E-state index contributed by atoms with van der Waals surface area (Å²) in [5.74, 6) is -1.13. The van der Waals surface area contributed by atoms with Gasteiger partial charge in [-0.05, 0) is 42.8 Å². The molecule has 8 heteroatoms. The van der Waals surface area contributed by atoms with E-state index in [-0.39, 0.29) is 15.5 Å². The van der Waals surface area contributed by atoms with Gasteiger partial charge >= 0.3 is 0 Å². The molecule has 0 aromatic heterocycles. The molecule has 1 saturated heterocycles. The predicted octanol–water partition coefficient (Wildman–Crippen LogP) is 2.76. The Bertz CT molecular complexity index is 1080. The zero-order chi connectivity index (χ0) is 19.9. The van der Waals surface area contributed by atoms with Gasteiger partial charge in [0, 0.05) is 25.0 Å². The molecule has 0 aliphatic carbocycles. The molecule has 2 aromatic carbocycles. The fourth-order valence-corrected chi connectivity index (χ4v) is 4.88. The lowest BCUT2D eigenvalue weighted by Crippen LogP contribution is -2.43. The molecule has 0 N–H and O–H groups in total. The minimum absolute atomic E-state index is 0.0884. The van der Waals surface area contributed by atoms with E-state index in [0.717, 1.165) is 11.6 Å². The van der Waals surface area contributed by atoms with Gasteiger partial charge in [0.05, 0.1) is 23.8 Å². The number of amides is 1. The summed E-state index contributed by atoms with van der Waals surface area (Å²) >= 11 is 0. The van der Waals surface area contributed by atoms with Gasteiger partial charge in [-0.1, -0.05) is 12.1 Å². The van der Waals surface area contributed by atoms with Crippen LogP contribution in [0.25, 0.3) is 0 Å². The Morgan fingerprint density at radius 2 is 1.86 bits per heavy atom. The van der Waals surface area contributed by atoms with Crippen LogP contribution in [0.15, 0.2) is 58.5 Å². The van der Waals surface area contributed by atoms with Gasteiger partial charge in [-0.25, -0.2) is 12.8 Å². The first-order chi connectivity index (χ1) is 13.4. The fourth-order valence-electron chi connectivity index (χ4n) is 3.36. The molecule has 1 amide bonds. The third-order valence-corrected chi connectivity index (χ3v) is 6.58. The number of halogens is 1. The number of benzene rings is 2. The number of nitrogens with zero attached hydrogens (tertiary/aromatic N) is 2. The largest absolute Gasteiger partial charge is 0.378 e. The van der Waals surface area contributed by atoms with Gasteiger partial charge < -0.3 is 14.5 Å². The summed E-state index contributed by atoms with van der Waals surface area (Å²) in [5, 5.41) is 0. The highest BCUT2D eigenvalue weighted by atomic mass is 32.2. The lowest BCUT2D eigenvalue weighted by Gasteiger charge is -2.32. The van der Waals surface area contributed by atoms with Gasteiger partial charge in [-0.15, -0.1) is 0 Å². The van der Waals surface area contributed by atoms with Crippen LogP contribution in [0.4, 0.5) is 15.8 Å². The topological polar surface area (TPSA) is 66.9 Å². The summed E-state index contributed by atoms with van der Waals surface area (Å²) < 4.78 is 45.5. The Balaban J connectivity index is 1.88. The molecule has 2 aromatic rings. The van der Waals surface area contributed by atoms with E-state index < -0.39 is 21.6 Å². The standard InChI is InChI=1S/C20H19FN2O4S/c1-14-3-2-4-16(11-14)23-13-19(20(24)22-7-9-27-10-8-22)28(25,26)18-6-5-15(21)12-17(18)23/h2-6,11-13H,7-10H2,1H3. The van der Waals surface area contributed by atoms with E-state index in [1.807, 2.05) is 25.1 Å². The van der Waals surface area contributed by atoms with Gasteiger partial charge in [0.25, 0.3) is 5.91 Å². The molecular formula is C20H19FN2O4S. The Morgan fingerprint density at radius 1 is 1.11 bits per heavy atom. The minimum atomic E-state index is -4.08. The van der Waals surface area contributed by atoms with E-state index in [1.54, 1.807) is 11.0 Å². The van der Waals surface area contributed by atoms with E-state index in [9.17, 15) is 17.6 Å². The van der Waals surface area contributed by atoms with Gasteiger partial charge in [-0.3, -0.25) is 4.79 Å². The van der Waals surface area contributed by atoms with Crippen molar-refractivity contribution >= 4 is 27.1 Å². The van der Waals surface area contributed by atoms with Crippen LogP contribution in [-0.2, 0) is 19.4 Å². The van der Waals surface area contributed by atoms with Crippen LogP contribution in [0.3, 0.4) is 0 Å². The van der Waals surface area contributed by atoms with Gasteiger partial charge in [0.2, 0.25) is 9.84 Å². The predicted molar refractivity (Wildman–Crippen MR) is 102 cm³/mol. The van der Waals surface area contributed by atoms with Crippen LogP contribution >= 0.6 is 0 Å². The average molecular weight is 402 g/mol. The van der Waals surface area contributed by atoms with Gasteiger partial charge in [-0.2, -0.15) is 0 Å². The van der Waals surface area contributed by atoms with Crippen molar-refractivity contribution < 1.29 is 22.3 Å². The summed E-state index contributed by atoms with van der Waals surface area (Å²) in [6.45, 7) is 3.28. The highest BCUT2D eigenvalue weighted by molar-refractivity contribution is 7.96. The second-order valence-corrected chi connectivity index (χ2v) is 8.61. The van der Waals surface area contributed by atoms with Crippen LogP contribution in [-0.4, -0.2) is 45.5 Å². The monoisotopic (exact) mass is 402 g/mol. The van der Waals surface area contributed by atoms with Crippen molar-refractivity contribution in [1.82, 2.24) is 4.90 Å². The van der Waals surface area contributed by atoms with Crippen molar-refractivity contribution in [2.75, 3.05) is 31.2 Å². The molecule has 0 bridgehead atoms. The van der Waals surface area contributed by atoms with E-state index >= 15 is 0 Å². The molecule has 4 rings (SSSR count). The van der Waals surface area contributed by atoms with Crippen molar-refractivity contribution in [3.63, 3.8) is 0 Å². The molecule has 2 aliphatic heterocycles. The van der Waals surface area contributed by atoms with Crippen molar-refractivity contribution in [3.05, 3.63) is 65.0 Å². The number of carbonyl (C=O) groups excluding carboxylic acids is 1. The maximum atomic E-state index is 13.9. The number of aryl methyl sites for hydroxylation is 1. The number of hydrogen-bond acceptors (Lipinski definition) is 5. The maximum Gasteiger partial charge on any atom is 0.267 e. The van der Waals surface area contributed by atoms with Crippen LogP contribution in [0.5, 0.6) is 0 Å². The van der Waals surface area contributed by atoms with Crippen LogP contribution in [0, 0.1) is 12.7 Å². The van der Waals surface area contributed by atoms with Crippen LogP contribution < -0.4 is 4.90 Å². The second kappa shape index (κ2) is 7.03. The highest BCUT2D eigenvalue weighted by Crippen LogP contribution is 2.40. The molecule has 0 saturated carbocycles. The molecule has 28 heavy (non-hydrogen) atoms. The van der Waals surface area contributed by atoms with Crippen molar-refractivity contribution in [3.8, 4) is 0 Å². The smallest absolute Gasteiger partial charge is 0.267 e. The zero-order valence-corrected chi connectivity index (χ0v) is 16.1. The molecule has 1 fully saturated rings. The van der Waals surface area contributed by atoms with Gasteiger partial charge in [0.15, 0.2) is 4.91 Å². The fraction of sp³-hybridized carbons (Fsp3) is 0.250. The van der Waals surface area contributed by atoms with E-state index in [4.69, 9.17) is 4.74 Å². The Kier molecular flexibility index (Phi) is 4.68. The molecule has 0 atom stereocenters. The number of rotatable bonds is 2. The third kappa shape index (κ3) is 3.18. The number of hydrogen-bond donors (Lipinski definition) is 0. The molecule has 6 nitrogen and oxygen atoms in total. The van der Waals surface area contributed by atoms with Crippen molar-refractivity contribution in [1.29, 1.82) is 0 Å².